The predicted octanol–water partition coefficient (Wildman–Crippen LogP) is 5.09. The van der Waals surface area contributed by atoms with Crippen LogP contribution in [0.2, 0.25) is 0 Å². The third kappa shape index (κ3) is 8.08. The molecule has 1 aliphatic carbocycles. The Kier molecular flexibility index (Phi) is 7.54. The van der Waals surface area contributed by atoms with Gasteiger partial charge in [-0.2, -0.15) is 0 Å². The van der Waals surface area contributed by atoms with Gasteiger partial charge in [-0.05, 0) is 55.1 Å². The third-order valence-electron chi connectivity index (χ3n) is 4.19. The molecule has 1 fully saturated rings. The van der Waals surface area contributed by atoms with Gasteiger partial charge in [0.1, 0.15) is 18.0 Å². The van der Waals surface area contributed by atoms with Crippen molar-refractivity contribution in [2.24, 2.45) is 5.92 Å². The molecule has 0 aromatic carbocycles. The van der Waals surface area contributed by atoms with Gasteiger partial charge in [-0.25, -0.2) is 4.79 Å². The molecule has 1 saturated carbocycles. The standard InChI is InChI=1S/C19H29BrN2O3/c1-19(2,3)25-18(23)22-16(9-14-7-5-4-6-8-14)13-24-17-10-15(20)11-21-12-17/h10-12,14,16H,4-9,13H2,1-3H3,(H,22,23). The molecule has 1 aromatic heterocycles. The first-order valence-electron chi connectivity index (χ1n) is 9.05. The molecule has 1 aliphatic rings. The van der Waals surface area contributed by atoms with E-state index in [1.54, 1.807) is 12.4 Å². The predicted molar refractivity (Wildman–Crippen MR) is 102 cm³/mol. The van der Waals surface area contributed by atoms with Crippen LogP contribution in [-0.2, 0) is 4.74 Å². The number of alkyl carbamates (subject to hydrolysis) is 1. The average Bonchev–Trinajstić information content (AvgIpc) is 2.52. The van der Waals surface area contributed by atoms with E-state index in [0.29, 0.717) is 18.3 Å². The maximum atomic E-state index is 12.2. The Morgan fingerprint density at radius 1 is 1.32 bits per heavy atom. The topological polar surface area (TPSA) is 60.5 Å². The number of nitrogens with one attached hydrogen (secondary N) is 1. The highest BCUT2D eigenvalue weighted by molar-refractivity contribution is 9.10. The van der Waals surface area contributed by atoms with Gasteiger partial charge in [-0.15, -0.1) is 0 Å². The van der Waals surface area contributed by atoms with Crippen LogP contribution < -0.4 is 10.1 Å². The first-order chi connectivity index (χ1) is 11.8. The highest BCUT2D eigenvalue weighted by atomic mass is 79.9. The second-order valence-corrected chi connectivity index (χ2v) is 8.65. The molecule has 0 radical (unpaired) electrons. The number of nitrogens with zero attached hydrogens (tertiary/aromatic N) is 1. The van der Waals surface area contributed by atoms with Crippen molar-refractivity contribution < 1.29 is 14.3 Å². The van der Waals surface area contributed by atoms with Crippen molar-refractivity contribution in [3.63, 3.8) is 0 Å². The van der Waals surface area contributed by atoms with E-state index in [0.717, 1.165) is 10.9 Å². The van der Waals surface area contributed by atoms with Gasteiger partial charge in [0.25, 0.3) is 0 Å². The van der Waals surface area contributed by atoms with Crippen molar-refractivity contribution in [3.8, 4) is 5.75 Å². The Hall–Kier alpha value is -1.30. The van der Waals surface area contributed by atoms with Crippen LogP contribution in [0, 0.1) is 5.92 Å². The highest BCUT2D eigenvalue weighted by Crippen LogP contribution is 2.28. The summed E-state index contributed by atoms with van der Waals surface area (Å²) in [5.74, 6) is 1.33. The van der Waals surface area contributed by atoms with Gasteiger partial charge >= 0.3 is 6.09 Å². The summed E-state index contributed by atoms with van der Waals surface area (Å²) in [6.45, 7) is 6.01. The number of carbonyl (C=O) groups excluding carboxylic acids is 1. The molecule has 5 nitrogen and oxygen atoms in total. The number of pyridine rings is 1. The number of aromatic nitrogens is 1. The van der Waals surface area contributed by atoms with E-state index >= 15 is 0 Å². The molecule has 0 saturated heterocycles. The lowest BCUT2D eigenvalue weighted by Crippen LogP contribution is -2.43. The Balaban J connectivity index is 1.93. The van der Waals surface area contributed by atoms with Gasteiger partial charge in [-0.1, -0.05) is 32.1 Å². The number of ether oxygens (including phenoxy) is 2. The van der Waals surface area contributed by atoms with Gasteiger partial charge in [0.15, 0.2) is 0 Å². The van der Waals surface area contributed by atoms with Crippen LogP contribution in [0.5, 0.6) is 5.75 Å². The SMILES string of the molecule is CC(C)(C)OC(=O)NC(COc1cncc(Br)c1)CC1CCCCC1. The molecule has 1 atom stereocenters. The summed E-state index contributed by atoms with van der Waals surface area (Å²) in [7, 11) is 0. The van der Waals surface area contributed by atoms with E-state index in [1.807, 2.05) is 26.8 Å². The van der Waals surface area contributed by atoms with Crippen LogP contribution >= 0.6 is 15.9 Å². The second-order valence-electron chi connectivity index (χ2n) is 7.73. The van der Waals surface area contributed by atoms with Crippen LogP contribution in [0.3, 0.4) is 0 Å². The Bertz CT molecular complexity index is 554. The van der Waals surface area contributed by atoms with Gasteiger partial charge in [0.05, 0.1) is 12.2 Å². The molecule has 1 amide bonds. The largest absolute Gasteiger partial charge is 0.490 e. The van der Waals surface area contributed by atoms with E-state index in [1.165, 1.54) is 32.1 Å². The average molecular weight is 413 g/mol. The maximum Gasteiger partial charge on any atom is 0.407 e. The highest BCUT2D eigenvalue weighted by Gasteiger charge is 2.24. The number of carbonyl (C=O) groups is 1. The minimum absolute atomic E-state index is 0.0723. The summed E-state index contributed by atoms with van der Waals surface area (Å²) >= 11 is 3.39. The Labute approximate surface area is 159 Å². The zero-order chi connectivity index (χ0) is 18.3. The molecule has 0 bridgehead atoms. The monoisotopic (exact) mass is 412 g/mol. The van der Waals surface area contributed by atoms with Crippen molar-refractivity contribution in [3.05, 3.63) is 22.9 Å². The fraction of sp³-hybridized carbons (Fsp3) is 0.684. The number of rotatable bonds is 6. The van der Waals surface area contributed by atoms with E-state index in [4.69, 9.17) is 9.47 Å². The second kappa shape index (κ2) is 9.41. The maximum absolute atomic E-state index is 12.2. The van der Waals surface area contributed by atoms with Crippen molar-refractivity contribution in [2.75, 3.05) is 6.61 Å². The number of amides is 1. The lowest BCUT2D eigenvalue weighted by molar-refractivity contribution is 0.0475. The lowest BCUT2D eigenvalue weighted by atomic mass is 9.85. The summed E-state index contributed by atoms with van der Waals surface area (Å²) in [5, 5.41) is 2.99. The Morgan fingerprint density at radius 3 is 2.68 bits per heavy atom. The molecule has 0 spiro atoms. The smallest absolute Gasteiger partial charge is 0.407 e. The molecule has 25 heavy (non-hydrogen) atoms. The zero-order valence-corrected chi connectivity index (χ0v) is 17.0. The number of halogens is 1. The van der Waals surface area contributed by atoms with E-state index in [9.17, 15) is 4.79 Å². The number of hydrogen-bond acceptors (Lipinski definition) is 4. The molecule has 1 N–H and O–H groups in total. The molecule has 6 heteroatoms. The number of hydrogen-bond donors (Lipinski definition) is 1. The molecule has 2 rings (SSSR count). The van der Waals surface area contributed by atoms with Crippen LogP contribution in [0.15, 0.2) is 22.9 Å². The molecule has 140 valence electrons. The van der Waals surface area contributed by atoms with E-state index < -0.39 is 5.60 Å². The van der Waals surface area contributed by atoms with Crippen molar-refractivity contribution in [1.29, 1.82) is 0 Å². The first kappa shape index (κ1) is 20.0. The molecule has 1 unspecified atom stereocenters. The minimum Gasteiger partial charge on any atom is -0.490 e. The first-order valence-corrected chi connectivity index (χ1v) is 9.84. The van der Waals surface area contributed by atoms with Crippen molar-refractivity contribution >= 4 is 22.0 Å². The summed E-state index contributed by atoms with van der Waals surface area (Å²) in [6.07, 6.45) is 10.3. The Morgan fingerprint density at radius 2 is 2.04 bits per heavy atom. The van der Waals surface area contributed by atoms with Crippen LogP contribution in [0.4, 0.5) is 4.79 Å². The molecule has 1 heterocycles. The lowest BCUT2D eigenvalue weighted by Gasteiger charge is -2.28. The van der Waals surface area contributed by atoms with Crippen molar-refractivity contribution in [2.45, 2.75) is 70.9 Å². The molecular formula is C19H29BrN2O3. The quantitative estimate of drug-likeness (QED) is 0.706. The van der Waals surface area contributed by atoms with Crippen LogP contribution in [0.1, 0.15) is 59.3 Å². The summed E-state index contributed by atoms with van der Waals surface area (Å²) in [6, 6.07) is 1.80. The fourth-order valence-electron chi connectivity index (χ4n) is 3.14. The van der Waals surface area contributed by atoms with Crippen molar-refractivity contribution in [1.82, 2.24) is 10.3 Å². The third-order valence-corrected chi connectivity index (χ3v) is 4.63. The molecule has 0 aliphatic heterocycles. The fourth-order valence-corrected chi connectivity index (χ4v) is 3.48. The summed E-state index contributed by atoms with van der Waals surface area (Å²) < 4.78 is 12.1. The summed E-state index contributed by atoms with van der Waals surface area (Å²) in [4.78, 5) is 16.3. The van der Waals surface area contributed by atoms with Gasteiger partial charge in [0, 0.05) is 10.7 Å². The van der Waals surface area contributed by atoms with Gasteiger partial charge in [-0.3, -0.25) is 4.98 Å². The minimum atomic E-state index is -0.505. The van der Waals surface area contributed by atoms with Gasteiger partial charge < -0.3 is 14.8 Å². The van der Waals surface area contributed by atoms with E-state index in [-0.39, 0.29) is 12.1 Å². The van der Waals surface area contributed by atoms with Crippen LogP contribution in [-0.4, -0.2) is 29.3 Å². The zero-order valence-electron chi connectivity index (χ0n) is 15.4. The molecular weight excluding hydrogens is 384 g/mol. The molecule has 1 aromatic rings. The van der Waals surface area contributed by atoms with Gasteiger partial charge in [0.2, 0.25) is 0 Å². The van der Waals surface area contributed by atoms with Crippen LogP contribution in [0.25, 0.3) is 0 Å². The normalized spacial score (nSPS) is 17.0. The summed E-state index contributed by atoms with van der Waals surface area (Å²) in [5.41, 5.74) is -0.505. The van der Waals surface area contributed by atoms with E-state index in [2.05, 4.69) is 26.2 Å².